The van der Waals surface area contributed by atoms with Crippen LogP contribution in [-0.4, -0.2) is 29.6 Å². The van der Waals surface area contributed by atoms with E-state index in [0.717, 1.165) is 24.2 Å². The van der Waals surface area contributed by atoms with Crippen molar-refractivity contribution in [2.45, 2.75) is 37.5 Å². The number of rotatable bonds is 5. The molecular weight excluding hydrogens is 192 g/mol. The standard InChI is InChI=1S/C9H17ClOS/c1-8-9(4-6-11-8)12-7-3-2-5-10/h8-9H,2-7H2,1H3. The molecule has 2 atom stereocenters. The predicted molar refractivity (Wildman–Crippen MR) is 56.2 cm³/mol. The van der Waals surface area contributed by atoms with Gasteiger partial charge in [0.05, 0.1) is 6.10 Å². The number of unbranched alkanes of at least 4 members (excludes halogenated alkanes) is 1. The van der Waals surface area contributed by atoms with Gasteiger partial charge in [0.25, 0.3) is 0 Å². The van der Waals surface area contributed by atoms with Crippen LogP contribution in [0, 0.1) is 0 Å². The number of alkyl halides is 1. The molecule has 1 rings (SSSR count). The van der Waals surface area contributed by atoms with Gasteiger partial charge in [-0.1, -0.05) is 0 Å². The van der Waals surface area contributed by atoms with Crippen molar-refractivity contribution in [1.29, 1.82) is 0 Å². The number of ether oxygens (including phenoxy) is 1. The van der Waals surface area contributed by atoms with E-state index in [1.165, 1.54) is 18.6 Å². The Morgan fingerprint density at radius 2 is 2.33 bits per heavy atom. The zero-order valence-corrected chi connectivity index (χ0v) is 9.16. The molecule has 2 unspecified atom stereocenters. The molecule has 0 spiro atoms. The monoisotopic (exact) mass is 208 g/mol. The lowest BCUT2D eigenvalue weighted by Crippen LogP contribution is -2.13. The minimum Gasteiger partial charge on any atom is -0.377 e. The number of hydrogen-bond acceptors (Lipinski definition) is 2. The van der Waals surface area contributed by atoms with Crippen LogP contribution in [-0.2, 0) is 4.74 Å². The third-order valence-electron chi connectivity index (χ3n) is 2.17. The molecular formula is C9H17ClOS. The Morgan fingerprint density at radius 1 is 1.50 bits per heavy atom. The Morgan fingerprint density at radius 3 is 2.92 bits per heavy atom. The average Bonchev–Trinajstić information content (AvgIpc) is 2.46. The summed E-state index contributed by atoms with van der Waals surface area (Å²) >= 11 is 7.64. The fourth-order valence-electron chi connectivity index (χ4n) is 1.36. The maximum absolute atomic E-state index is 5.59. The molecule has 0 aliphatic carbocycles. The zero-order chi connectivity index (χ0) is 8.81. The molecule has 3 heteroatoms. The van der Waals surface area contributed by atoms with Crippen molar-refractivity contribution in [2.24, 2.45) is 0 Å². The highest BCUT2D eigenvalue weighted by Gasteiger charge is 2.23. The van der Waals surface area contributed by atoms with Gasteiger partial charge in [0.15, 0.2) is 0 Å². The Labute approximate surface area is 84.2 Å². The van der Waals surface area contributed by atoms with E-state index in [-0.39, 0.29) is 0 Å². The smallest absolute Gasteiger partial charge is 0.0666 e. The van der Waals surface area contributed by atoms with Crippen LogP contribution in [0.5, 0.6) is 0 Å². The van der Waals surface area contributed by atoms with Gasteiger partial charge in [-0.05, 0) is 31.9 Å². The van der Waals surface area contributed by atoms with Crippen molar-refractivity contribution >= 4 is 23.4 Å². The Kier molecular flexibility index (Phi) is 5.44. The number of halogens is 1. The average molecular weight is 209 g/mol. The summed E-state index contributed by atoms with van der Waals surface area (Å²) in [6, 6.07) is 0. The Bertz CT molecular complexity index is 121. The van der Waals surface area contributed by atoms with Crippen molar-refractivity contribution in [3.63, 3.8) is 0 Å². The molecule has 0 aromatic rings. The highest BCUT2D eigenvalue weighted by molar-refractivity contribution is 7.99. The first-order valence-electron chi connectivity index (χ1n) is 4.63. The van der Waals surface area contributed by atoms with Crippen LogP contribution in [0.4, 0.5) is 0 Å². The number of hydrogen-bond donors (Lipinski definition) is 0. The lowest BCUT2D eigenvalue weighted by molar-refractivity contribution is 0.127. The van der Waals surface area contributed by atoms with E-state index in [1.807, 2.05) is 11.8 Å². The molecule has 0 saturated carbocycles. The van der Waals surface area contributed by atoms with E-state index in [9.17, 15) is 0 Å². The van der Waals surface area contributed by atoms with Crippen molar-refractivity contribution in [1.82, 2.24) is 0 Å². The van der Waals surface area contributed by atoms with Gasteiger partial charge in [-0.25, -0.2) is 0 Å². The molecule has 0 aromatic heterocycles. The molecule has 1 aliphatic heterocycles. The first kappa shape index (κ1) is 10.7. The Hall–Kier alpha value is 0.600. The van der Waals surface area contributed by atoms with Crippen LogP contribution in [0.2, 0.25) is 0 Å². The summed E-state index contributed by atoms with van der Waals surface area (Å²) in [5.41, 5.74) is 0. The molecule has 0 N–H and O–H groups in total. The zero-order valence-electron chi connectivity index (χ0n) is 7.59. The largest absolute Gasteiger partial charge is 0.377 e. The maximum Gasteiger partial charge on any atom is 0.0666 e. The first-order valence-corrected chi connectivity index (χ1v) is 6.22. The second kappa shape index (κ2) is 6.11. The molecule has 0 aromatic carbocycles. The summed E-state index contributed by atoms with van der Waals surface area (Å²) in [4.78, 5) is 0. The second-order valence-electron chi connectivity index (χ2n) is 3.17. The molecule has 1 fully saturated rings. The molecule has 12 heavy (non-hydrogen) atoms. The third kappa shape index (κ3) is 3.55. The van der Waals surface area contributed by atoms with Crippen molar-refractivity contribution in [3.05, 3.63) is 0 Å². The quantitative estimate of drug-likeness (QED) is 0.508. The van der Waals surface area contributed by atoms with Gasteiger partial charge in [-0.2, -0.15) is 11.8 Å². The van der Waals surface area contributed by atoms with Gasteiger partial charge in [0, 0.05) is 17.7 Å². The second-order valence-corrected chi connectivity index (χ2v) is 4.89. The molecule has 1 nitrogen and oxygen atoms in total. The van der Waals surface area contributed by atoms with Crippen LogP contribution in [0.15, 0.2) is 0 Å². The highest BCUT2D eigenvalue weighted by atomic mass is 35.5. The van der Waals surface area contributed by atoms with E-state index >= 15 is 0 Å². The SMILES string of the molecule is CC1OCCC1SCCCCCl. The van der Waals surface area contributed by atoms with Crippen molar-refractivity contribution in [2.75, 3.05) is 18.2 Å². The lowest BCUT2D eigenvalue weighted by atomic mass is 10.3. The van der Waals surface area contributed by atoms with Gasteiger partial charge in [0.2, 0.25) is 0 Å². The van der Waals surface area contributed by atoms with Crippen molar-refractivity contribution in [3.8, 4) is 0 Å². The van der Waals surface area contributed by atoms with E-state index in [2.05, 4.69) is 6.92 Å². The fraction of sp³-hybridized carbons (Fsp3) is 1.00. The predicted octanol–water partition coefficient (Wildman–Crippen LogP) is 2.92. The minimum absolute atomic E-state index is 0.464. The molecule has 1 aliphatic rings. The fourth-order valence-corrected chi connectivity index (χ4v) is 2.84. The first-order chi connectivity index (χ1) is 5.84. The van der Waals surface area contributed by atoms with Gasteiger partial charge >= 0.3 is 0 Å². The van der Waals surface area contributed by atoms with E-state index in [1.54, 1.807) is 0 Å². The summed E-state index contributed by atoms with van der Waals surface area (Å²) in [6.07, 6.45) is 4.09. The van der Waals surface area contributed by atoms with Crippen molar-refractivity contribution < 1.29 is 4.74 Å². The summed E-state index contributed by atoms with van der Waals surface area (Å²) in [5.74, 6) is 2.04. The van der Waals surface area contributed by atoms with E-state index in [0.29, 0.717) is 6.10 Å². The van der Waals surface area contributed by atoms with Gasteiger partial charge in [0.1, 0.15) is 0 Å². The molecule has 1 heterocycles. The van der Waals surface area contributed by atoms with Gasteiger partial charge < -0.3 is 4.74 Å². The molecule has 72 valence electrons. The molecule has 0 amide bonds. The van der Waals surface area contributed by atoms with E-state index < -0.39 is 0 Å². The van der Waals surface area contributed by atoms with Gasteiger partial charge in [-0.3, -0.25) is 0 Å². The van der Waals surface area contributed by atoms with Crippen LogP contribution >= 0.6 is 23.4 Å². The van der Waals surface area contributed by atoms with E-state index in [4.69, 9.17) is 16.3 Å². The van der Waals surface area contributed by atoms with Crippen LogP contribution in [0.1, 0.15) is 26.2 Å². The highest BCUT2D eigenvalue weighted by Crippen LogP contribution is 2.26. The maximum atomic E-state index is 5.59. The van der Waals surface area contributed by atoms with Gasteiger partial charge in [-0.15, -0.1) is 11.6 Å². The summed E-state index contributed by atoms with van der Waals surface area (Å²) in [6.45, 7) is 3.13. The Balaban J connectivity index is 1.98. The van der Waals surface area contributed by atoms with Crippen LogP contribution in [0.25, 0.3) is 0 Å². The molecule has 0 bridgehead atoms. The molecule has 1 saturated heterocycles. The minimum atomic E-state index is 0.464. The van der Waals surface area contributed by atoms with Crippen LogP contribution < -0.4 is 0 Å². The van der Waals surface area contributed by atoms with Crippen LogP contribution in [0.3, 0.4) is 0 Å². The topological polar surface area (TPSA) is 9.23 Å². The number of thioether (sulfide) groups is 1. The summed E-state index contributed by atoms with van der Waals surface area (Å²) in [7, 11) is 0. The summed E-state index contributed by atoms with van der Waals surface area (Å²) in [5, 5.41) is 0.736. The lowest BCUT2D eigenvalue weighted by Gasteiger charge is -2.12. The normalized spacial score (nSPS) is 29.5. The third-order valence-corrected chi connectivity index (χ3v) is 4.01. The summed E-state index contributed by atoms with van der Waals surface area (Å²) < 4.78 is 5.48. The molecule has 0 radical (unpaired) electrons.